The lowest BCUT2D eigenvalue weighted by atomic mass is 9.99. The van der Waals surface area contributed by atoms with Gasteiger partial charge in [-0.25, -0.2) is 0 Å². The highest BCUT2D eigenvalue weighted by Crippen LogP contribution is 2.25. The van der Waals surface area contributed by atoms with Crippen LogP contribution in [0.15, 0.2) is 6.20 Å². The summed E-state index contributed by atoms with van der Waals surface area (Å²) in [7, 11) is 0. The van der Waals surface area contributed by atoms with Gasteiger partial charge in [0.15, 0.2) is 5.82 Å². The summed E-state index contributed by atoms with van der Waals surface area (Å²) in [6.07, 6.45) is 8.61. The van der Waals surface area contributed by atoms with E-state index >= 15 is 0 Å². The summed E-state index contributed by atoms with van der Waals surface area (Å²) in [5.41, 5.74) is 2.53. The minimum atomic E-state index is 0.796. The highest BCUT2D eigenvalue weighted by molar-refractivity contribution is 5.48. The number of hydrogen-bond acceptors (Lipinski definition) is 4. The number of piperidine rings is 2. The van der Waals surface area contributed by atoms with E-state index in [0.717, 1.165) is 24.9 Å². The highest BCUT2D eigenvalue weighted by Gasteiger charge is 2.26. The summed E-state index contributed by atoms with van der Waals surface area (Å²) < 4.78 is 0. The van der Waals surface area contributed by atoms with Crippen molar-refractivity contribution in [2.45, 2.75) is 52.0 Å². The lowest BCUT2D eigenvalue weighted by Crippen LogP contribution is -2.47. The maximum atomic E-state index is 4.36. The first-order valence-electron chi connectivity index (χ1n) is 8.03. The molecule has 110 valence electrons. The molecule has 2 aliphatic rings. The molecular formula is C16H26N4. The van der Waals surface area contributed by atoms with E-state index < -0.39 is 0 Å². The predicted octanol–water partition coefficient (Wildman–Crippen LogP) is 2.55. The van der Waals surface area contributed by atoms with Gasteiger partial charge >= 0.3 is 0 Å². The first-order valence-corrected chi connectivity index (χ1v) is 8.03. The predicted molar refractivity (Wildman–Crippen MR) is 82.2 cm³/mol. The Hall–Kier alpha value is -1.16. The topological polar surface area (TPSA) is 32.3 Å². The third-order valence-corrected chi connectivity index (χ3v) is 5.00. The summed E-state index contributed by atoms with van der Waals surface area (Å²) >= 11 is 0. The summed E-state index contributed by atoms with van der Waals surface area (Å²) in [4.78, 5) is 5.14. The Morgan fingerprint density at radius 2 is 1.70 bits per heavy atom. The molecule has 2 aliphatic heterocycles. The van der Waals surface area contributed by atoms with Crippen molar-refractivity contribution in [3.8, 4) is 0 Å². The molecule has 2 fully saturated rings. The van der Waals surface area contributed by atoms with E-state index in [2.05, 4.69) is 33.8 Å². The molecule has 0 bridgehead atoms. The van der Waals surface area contributed by atoms with Crippen LogP contribution in [0.3, 0.4) is 0 Å². The van der Waals surface area contributed by atoms with Gasteiger partial charge in [-0.15, -0.1) is 5.10 Å². The van der Waals surface area contributed by atoms with Gasteiger partial charge in [-0.2, -0.15) is 5.10 Å². The molecule has 0 saturated carbocycles. The average Bonchev–Trinajstić information content (AvgIpc) is 2.51. The molecule has 3 rings (SSSR count). The van der Waals surface area contributed by atoms with Crippen LogP contribution in [-0.4, -0.2) is 47.3 Å². The Kier molecular flexibility index (Phi) is 4.20. The van der Waals surface area contributed by atoms with Gasteiger partial charge in [0.1, 0.15) is 0 Å². The van der Waals surface area contributed by atoms with Crippen LogP contribution in [0.25, 0.3) is 0 Å². The molecule has 0 spiro atoms. The van der Waals surface area contributed by atoms with Gasteiger partial charge in [0.05, 0.1) is 6.20 Å². The second kappa shape index (κ2) is 6.08. The van der Waals surface area contributed by atoms with Gasteiger partial charge in [0.2, 0.25) is 0 Å². The van der Waals surface area contributed by atoms with E-state index in [1.54, 1.807) is 0 Å². The molecule has 1 aromatic rings. The third-order valence-electron chi connectivity index (χ3n) is 5.00. The van der Waals surface area contributed by atoms with Gasteiger partial charge in [-0.1, -0.05) is 6.42 Å². The fraction of sp³-hybridized carbons (Fsp3) is 0.750. The minimum Gasteiger partial charge on any atom is -0.355 e. The van der Waals surface area contributed by atoms with Gasteiger partial charge in [0.25, 0.3) is 0 Å². The van der Waals surface area contributed by atoms with Crippen molar-refractivity contribution in [1.29, 1.82) is 0 Å². The Labute approximate surface area is 122 Å². The Morgan fingerprint density at radius 3 is 2.40 bits per heavy atom. The summed E-state index contributed by atoms with van der Waals surface area (Å²) in [6.45, 7) is 9.16. The van der Waals surface area contributed by atoms with Crippen LogP contribution in [0.1, 0.15) is 43.2 Å². The molecule has 0 aliphatic carbocycles. The summed E-state index contributed by atoms with van der Waals surface area (Å²) in [6, 6.07) is 0.796. The van der Waals surface area contributed by atoms with E-state index in [9.17, 15) is 0 Å². The van der Waals surface area contributed by atoms with E-state index in [4.69, 9.17) is 0 Å². The fourth-order valence-corrected chi connectivity index (χ4v) is 3.55. The van der Waals surface area contributed by atoms with Gasteiger partial charge in [-0.05, 0) is 63.7 Å². The van der Waals surface area contributed by atoms with Crippen molar-refractivity contribution in [2.24, 2.45) is 0 Å². The first-order chi connectivity index (χ1) is 9.75. The van der Waals surface area contributed by atoms with Crippen molar-refractivity contribution in [3.05, 3.63) is 17.3 Å². The van der Waals surface area contributed by atoms with Gasteiger partial charge in [0, 0.05) is 19.1 Å². The number of rotatable bonds is 2. The summed E-state index contributed by atoms with van der Waals surface area (Å²) in [5.74, 6) is 1.10. The van der Waals surface area contributed by atoms with E-state index in [0.29, 0.717) is 0 Å². The first kappa shape index (κ1) is 13.8. The molecule has 0 radical (unpaired) electrons. The van der Waals surface area contributed by atoms with Crippen molar-refractivity contribution in [1.82, 2.24) is 15.1 Å². The number of aromatic nitrogens is 2. The molecular weight excluding hydrogens is 248 g/mol. The number of nitrogens with zero attached hydrogens (tertiary/aromatic N) is 4. The van der Waals surface area contributed by atoms with Gasteiger partial charge < -0.3 is 9.80 Å². The molecule has 0 amide bonds. The maximum Gasteiger partial charge on any atom is 0.154 e. The fourth-order valence-electron chi connectivity index (χ4n) is 3.55. The lowest BCUT2D eigenvalue weighted by Gasteiger charge is -2.40. The van der Waals surface area contributed by atoms with Crippen LogP contribution in [0.5, 0.6) is 0 Å². The van der Waals surface area contributed by atoms with E-state index in [-0.39, 0.29) is 0 Å². The molecule has 4 heteroatoms. The molecule has 2 saturated heterocycles. The number of hydrogen-bond donors (Lipinski definition) is 0. The van der Waals surface area contributed by atoms with Crippen LogP contribution in [0, 0.1) is 13.8 Å². The van der Waals surface area contributed by atoms with Crippen LogP contribution in [0.2, 0.25) is 0 Å². The van der Waals surface area contributed by atoms with Crippen LogP contribution < -0.4 is 4.90 Å². The molecule has 0 atom stereocenters. The van der Waals surface area contributed by atoms with Crippen molar-refractivity contribution >= 4 is 5.82 Å². The molecule has 20 heavy (non-hydrogen) atoms. The van der Waals surface area contributed by atoms with Crippen molar-refractivity contribution in [3.63, 3.8) is 0 Å². The highest BCUT2D eigenvalue weighted by atomic mass is 15.3. The zero-order chi connectivity index (χ0) is 13.9. The number of anilines is 1. The normalized spacial score (nSPS) is 22.2. The number of likely N-dealkylation sites (tertiary alicyclic amines) is 1. The van der Waals surface area contributed by atoms with E-state index in [1.165, 1.54) is 56.3 Å². The SMILES string of the molecule is Cc1cnnc(N2CCC(N3CCCCC3)CC2)c1C. The third kappa shape index (κ3) is 2.80. The Bertz CT molecular complexity index is 446. The second-order valence-corrected chi connectivity index (χ2v) is 6.29. The number of aryl methyl sites for hydroxylation is 1. The molecule has 0 N–H and O–H groups in total. The molecule has 4 nitrogen and oxygen atoms in total. The van der Waals surface area contributed by atoms with Crippen LogP contribution in [0.4, 0.5) is 5.82 Å². The Morgan fingerprint density at radius 1 is 1.00 bits per heavy atom. The summed E-state index contributed by atoms with van der Waals surface area (Å²) in [5, 5.41) is 8.49. The van der Waals surface area contributed by atoms with Crippen molar-refractivity contribution in [2.75, 3.05) is 31.1 Å². The minimum absolute atomic E-state index is 0.796. The average molecular weight is 274 g/mol. The smallest absolute Gasteiger partial charge is 0.154 e. The van der Waals surface area contributed by atoms with Crippen LogP contribution >= 0.6 is 0 Å². The largest absolute Gasteiger partial charge is 0.355 e. The standard InChI is InChI=1S/C16H26N4/c1-13-12-17-18-16(14(13)2)20-10-6-15(7-11-20)19-8-4-3-5-9-19/h12,15H,3-11H2,1-2H3. The lowest BCUT2D eigenvalue weighted by molar-refractivity contribution is 0.141. The van der Waals surface area contributed by atoms with Crippen molar-refractivity contribution < 1.29 is 0 Å². The monoisotopic (exact) mass is 274 g/mol. The molecule has 0 unspecified atom stereocenters. The Balaban J connectivity index is 1.62. The second-order valence-electron chi connectivity index (χ2n) is 6.29. The molecule has 1 aromatic heterocycles. The zero-order valence-electron chi connectivity index (χ0n) is 12.8. The molecule has 3 heterocycles. The maximum absolute atomic E-state index is 4.36. The van der Waals surface area contributed by atoms with Crippen LogP contribution in [-0.2, 0) is 0 Å². The van der Waals surface area contributed by atoms with Gasteiger partial charge in [-0.3, -0.25) is 0 Å². The molecule has 0 aromatic carbocycles. The quantitative estimate of drug-likeness (QED) is 0.829. The zero-order valence-corrected chi connectivity index (χ0v) is 12.8. The van der Waals surface area contributed by atoms with E-state index in [1.807, 2.05) is 6.20 Å².